The number of methoxy groups -OCH3 is 1. The minimum Gasteiger partial charge on any atom is -0.495 e. The number of anilines is 2. The predicted molar refractivity (Wildman–Crippen MR) is 109 cm³/mol. The molecule has 2 aromatic rings. The Hall–Kier alpha value is -3.48. The average Bonchev–Trinajstić information content (AvgIpc) is 3.20. The third kappa shape index (κ3) is 4.18. The number of hydrogen-bond donors (Lipinski definition) is 1. The molecule has 29 heavy (non-hydrogen) atoms. The maximum absolute atomic E-state index is 12.4. The Morgan fingerprint density at radius 1 is 1.14 bits per heavy atom. The van der Waals surface area contributed by atoms with E-state index in [1.54, 1.807) is 36.3 Å². The van der Waals surface area contributed by atoms with Gasteiger partial charge in [-0.25, -0.2) is 0 Å². The van der Waals surface area contributed by atoms with E-state index in [0.29, 0.717) is 41.6 Å². The molecule has 7 nitrogen and oxygen atoms in total. The summed E-state index contributed by atoms with van der Waals surface area (Å²) >= 11 is 0. The van der Waals surface area contributed by atoms with Crippen LogP contribution in [0.2, 0.25) is 0 Å². The first-order valence-electron chi connectivity index (χ1n) is 9.51. The number of fused-ring (bicyclic) bond motifs is 1. The van der Waals surface area contributed by atoms with Crippen LogP contribution in [-0.2, 0) is 9.59 Å². The van der Waals surface area contributed by atoms with Crippen LogP contribution in [0.15, 0.2) is 42.5 Å². The Morgan fingerprint density at radius 2 is 2.00 bits per heavy atom. The molecule has 7 heteroatoms. The zero-order valence-corrected chi connectivity index (χ0v) is 16.1. The fourth-order valence-corrected chi connectivity index (χ4v) is 3.41. The van der Waals surface area contributed by atoms with Crippen molar-refractivity contribution >= 4 is 29.3 Å². The van der Waals surface area contributed by atoms with Gasteiger partial charge in [0.15, 0.2) is 11.5 Å². The van der Waals surface area contributed by atoms with Gasteiger partial charge in [0.2, 0.25) is 18.6 Å². The number of carbonyl (C=O) groups is 2. The summed E-state index contributed by atoms with van der Waals surface area (Å²) in [6.07, 6.45) is 5.53. The minimum atomic E-state index is -0.274. The molecule has 0 bridgehead atoms. The van der Waals surface area contributed by atoms with Gasteiger partial charge in [0.25, 0.3) is 0 Å². The number of benzene rings is 2. The van der Waals surface area contributed by atoms with Crippen LogP contribution < -0.4 is 24.4 Å². The molecule has 150 valence electrons. The fraction of sp³-hybridized carbons (Fsp3) is 0.273. The van der Waals surface area contributed by atoms with E-state index in [4.69, 9.17) is 14.2 Å². The van der Waals surface area contributed by atoms with Crippen molar-refractivity contribution in [3.05, 3.63) is 48.0 Å². The third-order valence-corrected chi connectivity index (χ3v) is 4.88. The molecule has 0 aromatic heterocycles. The Morgan fingerprint density at radius 3 is 2.83 bits per heavy atom. The molecule has 2 amide bonds. The summed E-state index contributed by atoms with van der Waals surface area (Å²) in [5.74, 6) is 1.77. The highest BCUT2D eigenvalue weighted by Gasteiger charge is 2.23. The first-order valence-corrected chi connectivity index (χ1v) is 9.51. The van der Waals surface area contributed by atoms with E-state index in [0.717, 1.165) is 18.4 Å². The maximum atomic E-state index is 12.4. The molecule has 2 heterocycles. The van der Waals surface area contributed by atoms with E-state index in [9.17, 15) is 9.59 Å². The lowest BCUT2D eigenvalue weighted by atomic mass is 10.1. The molecule has 0 radical (unpaired) electrons. The van der Waals surface area contributed by atoms with Crippen LogP contribution in [0.3, 0.4) is 0 Å². The van der Waals surface area contributed by atoms with E-state index in [-0.39, 0.29) is 18.6 Å². The standard InChI is InChI=1S/C22H22N2O5/c1-27-18-9-7-16(13-17(18)24-11-3-2-4-22(24)26)23-21(25)10-6-15-5-8-19-20(12-15)29-14-28-19/h5-10,12-13H,2-4,11,14H2,1H3,(H,23,25)/b10-6+. The van der Waals surface area contributed by atoms with E-state index < -0.39 is 0 Å². The molecule has 0 saturated carbocycles. The Kier molecular flexibility index (Phi) is 5.37. The van der Waals surface area contributed by atoms with E-state index in [1.807, 2.05) is 18.2 Å². The predicted octanol–water partition coefficient (Wildman–Crippen LogP) is 3.59. The highest BCUT2D eigenvalue weighted by atomic mass is 16.7. The Labute approximate surface area is 168 Å². The van der Waals surface area contributed by atoms with Gasteiger partial charge in [-0.05, 0) is 54.8 Å². The molecule has 0 unspecified atom stereocenters. The number of ether oxygens (including phenoxy) is 3. The van der Waals surface area contributed by atoms with Gasteiger partial charge in [-0.2, -0.15) is 0 Å². The fourth-order valence-electron chi connectivity index (χ4n) is 3.41. The van der Waals surface area contributed by atoms with Crippen LogP contribution in [-0.4, -0.2) is 32.3 Å². The molecule has 0 aliphatic carbocycles. The van der Waals surface area contributed by atoms with Crippen molar-refractivity contribution in [2.75, 3.05) is 30.7 Å². The van der Waals surface area contributed by atoms with E-state index in [1.165, 1.54) is 6.08 Å². The molecule has 1 fully saturated rings. The van der Waals surface area contributed by atoms with Crippen molar-refractivity contribution in [3.8, 4) is 17.2 Å². The highest BCUT2D eigenvalue weighted by Crippen LogP contribution is 2.34. The third-order valence-electron chi connectivity index (χ3n) is 4.88. The van der Waals surface area contributed by atoms with E-state index in [2.05, 4.69) is 5.32 Å². The van der Waals surface area contributed by atoms with Gasteiger partial charge in [-0.15, -0.1) is 0 Å². The summed E-state index contributed by atoms with van der Waals surface area (Å²) in [4.78, 5) is 26.4. The lowest BCUT2D eigenvalue weighted by Gasteiger charge is -2.28. The first kappa shape index (κ1) is 18.9. The largest absolute Gasteiger partial charge is 0.495 e. The van der Waals surface area contributed by atoms with Crippen LogP contribution in [0.1, 0.15) is 24.8 Å². The summed E-state index contributed by atoms with van der Waals surface area (Å²) in [5.41, 5.74) is 2.10. The van der Waals surface area contributed by atoms with Gasteiger partial charge in [0.05, 0.1) is 12.8 Å². The van der Waals surface area contributed by atoms with Crippen LogP contribution in [0, 0.1) is 0 Å². The maximum Gasteiger partial charge on any atom is 0.248 e. The van der Waals surface area contributed by atoms with Crippen molar-refractivity contribution < 1.29 is 23.8 Å². The molecule has 2 aliphatic heterocycles. The second-order valence-corrected chi connectivity index (χ2v) is 6.82. The number of amides is 2. The number of carbonyl (C=O) groups excluding carboxylic acids is 2. The lowest BCUT2D eigenvalue weighted by Crippen LogP contribution is -2.35. The quantitative estimate of drug-likeness (QED) is 0.785. The number of rotatable bonds is 5. The number of hydrogen-bond acceptors (Lipinski definition) is 5. The summed E-state index contributed by atoms with van der Waals surface area (Å²) in [5, 5.41) is 2.83. The summed E-state index contributed by atoms with van der Waals surface area (Å²) in [6, 6.07) is 10.8. The van der Waals surface area contributed by atoms with Crippen molar-refractivity contribution in [2.24, 2.45) is 0 Å². The molecule has 0 spiro atoms. The average molecular weight is 394 g/mol. The summed E-state index contributed by atoms with van der Waals surface area (Å²) in [7, 11) is 1.57. The molecule has 4 rings (SSSR count). The highest BCUT2D eigenvalue weighted by molar-refractivity contribution is 6.03. The molecule has 0 atom stereocenters. The summed E-state index contributed by atoms with van der Waals surface area (Å²) < 4.78 is 16.0. The second kappa shape index (κ2) is 8.26. The lowest BCUT2D eigenvalue weighted by molar-refractivity contribution is -0.119. The number of nitrogens with zero attached hydrogens (tertiary/aromatic N) is 1. The van der Waals surface area contributed by atoms with Crippen LogP contribution in [0.5, 0.6) is 17.2 Å². The number of piperidine rings is 1. The topological polar surface area (TPSA) is 77.1 Å². The van der Waals surface area contributed by atoms with Crippen molar-refractivity contribution in [3.63, 3.8) is 0 Å². The smallest absolute Gasteiger partial charge is 0.248 e. The SMILES string of the molecule is COc1ccc(NC(=O)/C=C/c2ccc3c(c2)OCO3)cc1N1CCCCC1=O. The van der Waals surface area contributed by atoms with E-state index >= 15 is 0 Å². The Bertz CT molecular complexity index is 970. The van der Waals surface area contributed by atoms with Gasteiger partial charge in [0, 0.05) is 24.7 Å². The zero-order chi connectivity index (χ0) is 20.2. The molecule has 2 aliphatic rings. The normalized spacial score (nSPS) is 15.6. The molecular weight excluding hydrogens is 372 g/mol. The van der Waals surface area contributed by atoms with Crippen LogP contribution >= 0.6 is 0 Å². The second-order valence-electron chi connectivity index (χ2n) is 6.82. The first-order chi connectivity index (χ1) is 14.1. The molecule has 1 saturated heterocycles. The number of nitrogens with one attached hydrogen (secondary N) is 1. The van der Waals surface area contributed by atoms with Gasteiger partial charge in [0.1, 0.15) is 5.75 Å². The molecule has 2 aromatic carbocycles. The van der Waals surface area contributed by atoms with Crippen LogP contribution in [0.25, 0.3) is 6.08 Å². The van der Waals surface area contributed by atoms with Gasteiger partial charge < -0.3 is 24.4 Å². The van der Waals surface area contributed by atoms with Gasteiger partial charge in [-0.1, -0.05) is 6.07 Å². The minimum absolute atomic E-state index is 0.0701. The van der Waals surface area contributed by atoms with Crippen LogP contribution in [0.4, 0.5) is 11.4 Å². The Balaban J connectivity index is 1.48. The van der Waals surface area contributed by atoms with Gasteiger partial charge in [-0.3, -0.25) is 9.59 Å². The van der Waals surface area contributed by atoms with Crippen molar-refractivity contribution in [2.45, 2.75) is 19.3 Å². The van der Waals surface area contributed by atoms with Crippen molar-refractivity contribution in [1.82, 2.24) is 0 Å². The monoisotopic (exact) mass is 394 g/mol. The summed E-state index contributed by atoms with van der Waals surface area (Å²) in [6.45, 7) is 0.860. The zero-order valence-electron chi connectivity index (χ0n) is 16.1. The van der Waals surface area contributed by atoms with Gasteiger partial charge >= 0.3 is 0 Å². The molecular formula is C22H22N2O5. The van der Waals surface area contributed by atoms with Crippen molar-refractivity contribution in [1.29, 1.82) is 0 Å². The molecule has 1 N–H and O–H groups in total.